The Bertz CT molecular complexity index is 1320. The molecule has 2 heterocycles. The van der Waals surface area contributed by atoms with Gasteiger partial charge in [0.15, 0.2) is 17.4 Å². The number of carbonyl (C=O) groups is 3. The fourth-order valence-corrected chi connectivity index (χ4v) is 4.43. The zero-order chi connectivity index (χ0) is 29.2. The van der Waals surface area contributed by atoms with E-state index in [4.69, 9.17) is 9.36 Å². The van der Waals surface area contributed by atoms with Gasteiger partial charge in [-0.05, 0) is 12.5 Å². The molecule has 0 radical (unpaired) electrons. The second kappa shape index (κ2) is 14.4. The Morgan fingerprint density at radius 3 is 2.63 bits per heavy atom. The number of anilines is 1. The Kier molecular flexibility index (Phi) is 10.5. The molecule has 1 aliphatic rings. The van der Waals surface area contributed by atoms with Crippen LogP contribution in [0.4, 0.5) is 14.6 Å². The Balaban J connectivity index is 1.48. The minimum Gasteiger partial charge on any atom is -0.354 e. The molecule has 3 amide bonds. The van der Waals surface area contributed by atoms with Crippen LogP contribution in [0.15, 0.2) is 59.1 Å². The molecule has 3 aromatic rings. The van der Waals surface area contributed by atoms with Crippen LogP contribution >= 0.6 is 0 Å². The number of amides is 3. The van der Waals surface area contributed by atoms with Crippen molar-refractivity contribution in [2.45, 2.75) is 32.4 Å². The first-order chi connectivity index (χ1) is 19.9. The molecule has 1 aromatic heterocycles. The van der Waals surface area contributed by atoms with E-state index in [9.17, 15) is 23.2 Å². The third-order valence-electron chi connectivity index (χ3n) is 6.62. The quantitative estimate of drug-likeness (QED) is 0.238. The number of nitrogens with zero attached hydrogens (tertiary/aromatic N) is 4. The van der Waals surface area contributed by atoms with Gasteiger partial charge < -0.3 is 14.7 Å². The average molecular weight is 571 g/mol. The molecular weight excluding hydrogens is 538 g/mol. The first kappa shape index (κ1) is 29.8. The van der Waals surface area contributed by atoms with Crippen LogP contribution in [-0.2, 0) is 25.8 Å². The molecule has 0 bridgehead atoms. The molecule has 1 aliphatic heterocycles. The molecule has 218 valence electrons. The number of hydrazine groups is 1. The second-order valence-corrected chi connectivity index (χ2v) is 9.40. The van der Waals surface area contributed by atoms with Crippen molar-refractivity contribution in [3.05, 3.63) is 71.8 Å². The summed E-state index contributed by atoms with van der Waals surface area (Å²) in [5, 5.41) is 9.17. The van der Waals surface area contributed by atoms with Gasteiger partial charge in [0, 0.05) is 63.3 Å². The molecule has 1 saturated heterocycles. The summed E-state index contributed by atoms with van der Waals surface area (Å²) < 4.78 is 33.3. The van der Waals surface area contributed by atoms with Crippen LogP contribution in [0.25, 0.3) is 11.3 Å². The number of piperazine rings is 1. The molecule has 0 saturated carbocycles. The number of hydrogen-bond donors (Lipinski definition) is 2. The third kappa shape index (κ3) is 7.93. The maximum atomic E-state index is 14.3. The number of halogens is 2. The van der Waals surface area contributed by atoms with Gasteiger partial charge in [0.05, 0.1) is 12.6 Å². The van der Waals surface area contributed by atoms with Gasteiger partial charge in [-0.1, -0.05) is 47.6 Å². The van der Waals surface area contributed by atoms with Gasteiger partial charge in [-0.2, -0.15) is 5.06 Å². The number of benzene rings is 2. The Morgan fingerprint density at radius 2 is 1.93 bits per heavy atom. The van der Waals surface area contributed by atoms with Crippen LogP contribution in [-0.4, -0.2) is 72.1 Å². The maximum Gasteiger partial charge on any atom is 0.239 e. The van der Waals surface area contributed by atoms with Gasteiger partial charge >= 0.3 is 0 Å². The highest BCUT2D eigenvalue weighted by atomic mass is 19.2. The maximum absolute atomic E-state index is 14.3. The summed E-state index contributed by atoms with van der Waals surface area (Å²) >= 11 is 0. The zero-order valence-corrected chi connectivity index (χ0v) is 22.6. The normalized spacial score (nSPS) is 14.0. The molecule has 11 nitrogen and oxygen atoms in total. The number of hydrogen-bond acceptors (Lipinski definition) is 8. The molecule has 41 heavy (non-hydrogen) atoms. The van der Waals surface area contributed by atoms with Crippen molar-refractivity contribution in [1.29, 1.82) is 0 Å². The van der Waals surface area contributed by atoms with Crippen molar-refractivity contribution in [2.75, 3.05) is 37.8 Å². The molecule has 2 aromatic carbocycles. The fraction of sp³-hybridized carbons (Fsp3) is 0.357. The van der Waals surface area contributed by atoms with Gasteiger partial charge in [-0.15, -0.1) is 0 Å². The van der Waals surface area contributed by atoms with Crippen LogP contribution in [0.5, 0.6) is 0 Å². The fourth-order valence-electron chi connectivity index (χ4n) is 4.43. The first-order valence-electron chi connectivity index (χ1n) is 13.2. The van der Waals surface area contributed by atoms with E-state index in [1.807, 2.05) is 30.3 Å². The van der Waals surface area contributed by atoms with Crippen molar-refractivity contribution in [3.8, 4) is 11.3 Å². The van der Waals surface area contributed by atoms with Crippen molar-refractivity contribution in [1.82, 2.24) is 25.8 Å². The highest BCUT2D eigenvalue weighted by Crippen LogP contribution is 2.24. The predicted molar refractivity (Wildman–Crippen MR) is 145 cm³/mol. The summed E-state index contributed by atoms with van der Waals surface area (Å²) in [7, 11) is 0. The highest BCUT2D eigenvalue weighted by Gasteiger charge is 2.27. The third-order valence-corrected chi connectivity index (χ3v) is 6.62. The van der Waals surface area contributed by atoms with E-state index in [2.05, 4.69) is 15.9 Å². The van der Waals surface area contributed by atoms with E-state index in [1.54, 1.807) is 4.90 Å². The Labute approximate surface area is 235 Å². The lowest BCUT2D eigenvalue weighted by atomic mass is 10.1. The van der Waals surface area contributed by atoms with Gasteiger partial charge in [-0.3, -0.25) is 24.2 Å². The summed E-state index contributed by atoms with van der Waals surface area (Å²) in [5.41, 5.74) is 3.60. The molecule has 4 rings (SSSR count). The van der Waals surface area contributed by atoms with Gasteiger partial charge in [-0.25, -0.2) is 14.2 Å². The lowest BCUT2D eigenvalue weighted by Crippen LogP contribution is -2.52. The molecule has 1 atom stereocenters. The van der Waals surface area contributed by atoms with Crippen LogP contribution < -0.4 is 15.8 Å². The smallest absolute Gasteiger partial charge is 0.239 e. The molecule has 2 N–H and O–H groups in total. The largest absolute Gasteiger partial charge is 0.354 e. The standard InChI is InChI=1S/C28H32F2N6O5/c1-20(38)36(32-17-22-8-5-9-24(29)28(22)30)23(10-11-27(39)34-14-12-31-13-15-34)18-40-35(19-37)26-16-25(41-33-26)21-6-3-2-4-7-21/h2-9,16,19,23,31-32H,10-15,17-18H2,1H3/t23-/m0/s1. The van der Waals surface area contributed by atoms with Crippen LogP contribution in [0, 0.1) is 11.6 Å². The highest BCUT2D eigenvalue weighted by molar-refractivity contribution is 5.77. The Hall–Kier alpha value is -4.20. The molecule has 13 heteroatoms. The molecular formula is C28H32F2N6O5. The average Bonchev–Trinajstić information content (AvgIpc) is 3.48. The van der Waals surface area contributed by atoms with E-state index in [-0.39, 0.29) is 43.3 Å². The van der Waals surface area contributed by atoms with Gasteiger partial charge in [0.2, 0.25) is 24.0 Å². The topological polar surface area (TPSA) is 120 Å². The van der Waals surface area contributed by atoms with E-state index in [0.717, 1.165) is 16.7 Å². The van der Waals surface area contributed by atoms with E-state index in [1.165, 1.54) is 30.1 Å². The van der Waals surface area contributed by atoms with E-state index in [0.29, 0.717) is 38.3 Å². The second-order valence-electron chi connectivity index (χ2n) is 9.40. The molecule has 0 spiro atoms. The lowest BCUT2D eigenvalue weighted by Gasteiger charge is -2.33. The minimum absolute atomic E-state index is 0.0124. The zero-order valence-electron chi connectivity index (χ0n) is 22.6. The van der Waals surface area contributed by atoms with E-state index >= 15 is 0 Å². The predicted octanol–water partition coefficient (Wildman–Crippen LogP) is 2.65. The number of hydroxylamine groups is 1. The van der Waals surface area contributed by atoms with Gasteiger partial charge in [0.25, 0.3) is 0 Å². The first-order valence-corrected chi connectivity index (χ1v) is 13.2. The Morgan fingerprint density at radius 1 is 1.17 bits per heavy atom. The van der Waals surface area contributed by atoms with Crippen molar-refractivity contribution >= 4 is 24.0 Å². The minimum atomic E-state index is -1.03. The number of rotatable bonds is 13. The number of carbonyl (C=O) groups excluding carboxylic acids is 3. The summed E-state index contributed by atoms with van der Waals surface area (Å²) in [4.78, 5) is 44.9. The monoisotopic (exact) mass is 570 g/mol. The number of nitrogens with one attached hydrogen (secondary N) is 2. The molecule has 1 fully saturated rings. The van der Waals surface area contributed by atoms with Crippen molar-refractivity contribution < 1.29 is 32.5 Å². The lowest BCUT2D eigenvalue weighted by molar-refractivity contribution is -0.140. The molecule has 0 unspecified atom stereocenters. The summed E-state index contributed by atoms with van der Waals surface area (Å²) in [6, 6.07) is 13.7. The van der Waals surface area contributed by atoms with E-state index < -0.39 is 23.6 Å². The number of aromatic nitrogens is 1. The van der Waals surface area contributed by atoms with Gasteiger partial charge in [0.1, 0.15) is 0 Å². The van der Waals surface area contributed by atoms with Crippen LogP contribution in [0.2, 0.25) is 0 Å². The SMILES string of the molecule is CC(=O)N(NCc1cccc(F)c1F)[C@@H](CCC(=O)N1CCNCC1)CON(C=O)c1cc(-c2ccccc2)on1. The van der Waals surface area contributed by atoms with Crippen LogP contribution in [0.3, 0.4) is 0 Å². The summed E-state index contributed by atoms with van der Waals surface area (Å²) in [6.45, 7) is 3.39. The van der Waals surface area contributed by atoms with Crippen molar-refractivity contribution in [2.24, 2.45) is 0 Å². The summed E-state index contributed by atoms with van der Waals surface area (Å²) in [5.74, 6) is -2.08. The summed E-state index contributed by atoms with van der Waals surface area (Å²) in [6.07, 6.45) is 0.669. The van der Waals surface area contributed by atoms with Crippen LogP contribution in [0.1, 0.15) is 25.3 Å². The van der Waals surface area contributed by atoms with Crippen molar-refractivity contribution in [3.63, 3.8) is 0 Å². The molecule has 0 aliphatic carbocycles.